The molecule has 3 aromatic rings. The average Bonchev–Trinajstić information content (AvgIpc) is 3.02. The molecule has 0 fully saturated rings. The molecule has 2 amide bonds. The second kappa shape index (κ2) is 8.31. The molecular formula is C21H22N2O4S. The van der Waals surface area contributed by atoms with Gasteiger partial charge in [0, 0.05) is 21.5 Å². The second-order valence-electron chi connectivity index (χ2n) is 6.29. The largest absolute Gasteiger partial charge is 0.491 e. The number of urea groups is 1. The molecule has 3 rings (SSSR count). The maximum atomic E-state index is 12.4. The molecule has 1 aromatic heterocycles. The van der Waals surface area contributed by atoms with E-state index in [9.17, 15) is 9.59 Å². The van der Waals surface area contributed by atoms with Crippen LogP contribution in [-0.4, -0.2) is 25.7 Å². The van der Waals surface area contributed by atoms with Crippen molar-refractivity contribution in [3.63, 3.8) is 0 Å². The van der Waals surface area contributed by atoms with Crippen molar-refractivity contribution in [1.29, 1.82) is 0 Å². The van der Waals surface area contributed by atoms with Gasteiger partial charge >= 0.3 is 12.0 Å². The SMILES string of the molecule is CCOc1c(C(=O)OC)sc2ccc(NC(=O)Nc3ccc(C)cc3C)cc12. The number of methoxy groups -OCH3 is 1. The third kappa shape index (κ3) is 4.09. The van der Waals surface area contributed by atoms with Gasteiger partial charge < -0.3 is 20.1 Å². The fourth-order valence-corrected chi connectivity index (χ4v) is 3.95. The second-order valence-corrected chi connectivity index (χ2v) is 7.35. The van der Waals surface area contributed by atoms with E-state index in [0.717, 1.165) is 26.9 Å². The summed E-state index contributed by atoms with van der Waals surface area (Å²) in [5.74, 6) is 0.0412. The Balaban J connectivity index is 1.86. The van der Waals surface area contributed by atoms with Crippen molar-refractivity contribution < 1.29 is 19.1 Å². The van der Waals surface area contributed by atoms with Crippen LogP contribution >= 0.6 is 11.3 Å². The van der Waals surface area contributed by atoms with Crippen molar-refractivity contribution in [3.05, 3.63) is 52.4 Å². The minimum atomic E-state index is -0.438. The van der Waals surface area contributed by atoms with Crippen LogP contribution in [0.5, 0.6) is 5.75 Å². The summed E-state index contributed by atoms with van der Waals surface area (Å²) in [6.07, 6.45) is 0. The van der Waals surface area contributed by atoms with Crippen LogP contribution in [-0.2, 0) is 4.74 Å². The van der Waals surface area contributed by atoms with Crippen LogP contribution in [0.4, 0.5) is 16.2 Å². The number of benzene rings is 2. The highest BCUT2D eigenvalue weighted by Gasteiger charge is 2.21. The zero-order valence-electron chi connectivity index (χ0n) is 16.2. The Morgan fingerprint density at radius 3 is 2.54 bits per heavy atom. The molecule has 146 valence electrons. The third-order valence-corrected chi connectivity index (χ3v) is 5.32. The van der Waals surface area contributed by atoms with E-state index in [1.54, 1.807) is 12.1 Å². The summed E-state index contributed by atoms with van der Waals surface area (Å²) in [5.41, 5.74) is 3.48. The molecule has 0 radical (unpaired) electrons. The first kappa shape index (κ1) is 19.7. The van der Waals surface area contributed by atoms with E-state index in [4.69, 9.17) is 9.47 Å². The van der Waals surface area contributed by atoms with Gasteiger partial charge in [-0.15, -0.1) is 11.3 Å². The molecule has 1 heterocycles. The lowest BCUT2D eigenvalue weighted by molar-refractivity contribution is 0.0602. The van der Waals surface area contributed by atoms with E-state index in [1.165, 1.54) is 18.4 Å². The normalized spacial score (nSPS) is 10.6. The predicted octanol–water partition coefficient (Wildman–Crippen LogP) is 5.35. The van der Waals surface area contributed by atoms with Gasteiger partial charge in [0.05, 0.1) is 13.7 Å². The molecule has 6 nitrogen and oxygen atoms in total. The van der Waals surface area contributed by atoms with E-state index in [0.29, 0.717) is 22.9 Å². The number of ether oxygens (including phenoxy) is 2. The highest BCUT2D eigenvalue weighted by Crippen LogP contribution is 2.39. The lowest BCUT2D eigenvalue weighted by atomic mass is 10.1. The van der Waals surface area contributed by atoms with Crippen LogP contribution < -0.4 is 15.4 Å². The van der Waals surface area contributed by atoms with Crippen LogP contribution in [0.3, 0.4) is 0 Å². The van der Waals surface area contributed by atoms with Crippen LogP contribution in [0, 0.1) is 13.8 Å². The number of nitrogens with one attached hydrogen (secondary N) is 2. The molecule has 0 aliphatic rings. The Morgan fingerprint density at radius 2 is 1.86 bits per heavy atom. The Morgan fingerprint density at radius 1 is 1.07 bits per heavy atom. The Kier molecular flexibility index (Phi) is 5.84. The summed E-state index contributed by atoms with van der Waals surface area (Å²) in [6, 6.07) is 10.9. The number of fused-ring (bicyclic) bond motifs is 1. The van der Waals surface area contributed by atoms with Crippen LogP contribution in [0.15, 0.2) is 36.4 Å². The summed E-state index contributed by atoms with van der Waals surface area (Å²) < 4.78 is 11.4. The number of esters is 1. The molecular weight excluding hydrogens is 376 g/mol. The van der Waals surface area contributed by atoms with E-state index in [2.05, 4.69) is 10.6 Å². The Labute approximate surface area is 167 Å². The number of aryl methyl sites for hydroxylation is 2. The summed E-state index contributed by atoms with van der Waals surface area (Å²) in [5, 5.41) is 6.44. The lowest BCUT2D eigenvalue weighted by Crippen LogP contribution is -2.19. The fourth-order valence-electron chi connectivity index (χ4n) is 2.91. The fraction of sp³-hybridized carbons (Fsp3) is 0.238. The molecule has 2 N–H and O–H groups in total. The van der Waals surface area contributed by atoms with Crippen molar-refractivity contribution in [1.82, 2.24) is 0 Å². The van der Waals surface area contributed by atoms with Crippen LogP contribution in [0.25, 0.3) is 10.1 Å². The number of amides is 2. The first-order valence-electron chi connectivity index (χ1n) is 8.85. The molecule has 0 saturated heterocycles. The van der Waals surface area contributed by atoms with Crippen molar-refractivity contribution in [3.8, 4) is 5.75 Å². The summed E-state index contributed by atoms with van der Waals surface area (Å²) >= 11 is 1.30. The zero-order chi connectivity index (χ0) is 20.3. The standard InChI is InChI=1S/C21H22N2O4S/c1-5-27-18-15-11-14(7-9-17(15)28-19(18)20(24)26-4)22-21(25)23-16-8-6-12(2)10-13(16)3/h6-11H,5H2,1-4H3,(H2,22,23,25). The Bertz CT molecular complexity index is 1040. The molecule has 0 unspecified atom stereocenters. The highest BCUT2D eigenvalue weighted by atomic mass is 32.1. The number of carbonyl (C=O) groups is 2. The molecule has 28 heavy (non-hydrogen) atoms. The maximum absolute atomic E-state index is 12.4. The first-order valence-corrected chi connectivity index (χ1v) is 9.67. The molecule has 7 heteroatoms. The van der Waals surface area contributed by atoms with E-state index < -0.39 is 5.97 Å². The van der Waals surface area contributed by atoms with Crippen molar-refractivity contribution in [2.24, 2.45) is 0 Å². The number of hydrogen-bond donors (Lipinski definition) is 2. The number of hydrogen-bond acceptors (Lipinski definition) is 5. The minimum absolute atomic E-state index is 0.340. The quantitative estimate of drug-likeness (QED) is 0.568. The van der Waals surface area contributed by atoms with Crippen molar-refractivity contribution in [2.45, 2.75) is 20.8 Å². The molecule has 0 aliphatic heterocycles. The lowest BCUT2D eigenvalue weighted by Gasteiger charge is -2.11. The Hall–Kier alpha value is -3.06. The molecule has 0 atom stereocenters. The van der Waals surface area contributed by atoms with Crippen molar-refractivity contribution in [2.75, 3.05) is 24.4 Å². The number of anilines is 2. The summed E-state index contributed by atoms with van der Waals surface area (Å²) in [7, 11) is 1.34. The van der Waals surface area contributed by atoms with E-state index in [-0.39, 0.29) is 6.03 Å². The number of carbonyl (C=O) groups excluding carboxylic acids is 2. The van der Waals surface area contributed by atoms with Gasteiger partial charge in [0.2, 0.25) is 0 Å². The van der Waals surface area contributed by atoms with Gasteiger partial charge in [-0.05, 0) is 50.6 Å². The van der Waals surface area contributed by atoms with Crippen LogP contribution in [0.1, 0.15) is 27.7 Å². The topological polar surface area (TPSA) is 76.7 Å². The van der Waals surface area contributed by atoms with E-state index >= 15 is 0 Å². The molecule has 0 aliphatic carbocycles. The summed E-state index contributed by atoms with van der Waals surface area (Å²) in [6.45, 7) is 6.22. The smallest absolute Gasteiger partial charge is 0.351 e. The highest BCUT2D eigenvalue weighted by molar-refractivity contribution is 7.21. The van der Waals surface area contributed by atoms with Gasteiger partial charge in [0.1, 0.15) is 0 Å². The van der Waals surface area contributed by atoms with Gasteiger partial charge in [-0.1, -0.05) is 17.7 Å². The number of thiophene rings is 1. The molecule has 0 bridgehead atoms. The molecule has 2 aromatic carbocycles. The van der Waals surface area contributed by atoms with Gasteiger partial charge in [-0.2, -0.15) is 0 Å². The molecule has 0 spiro atoms. The van der Waals surface area contributed by atoms with Gasteiger partial charge in [-0.25, -0.2) is 9.59 Å². The number of rotatable bonds is 5. The minimum Gasteiger partial charge on any atom is -0.491 e. The summed E-state index contributed by atoms with van der Waals surface area (Å²) in [4.78, 5) is 24.8. The van der Waals surface area contributed by atoms with Gasteiger partial charge in [-0.3, -0.25) is 0 Å². The van der Waals surface area contributed by atoms with Crippen LogP contribution in [0.2, 0.25) is 0 Å². The van der Waals surface area contributed by atoms with E-state index in [1.807, 2.05) is 45.0 Å². The predicted molar refractivity (Wildman–Crippen MR) is 113 cm³/mol. The first-order chi connectivity index (χ1) is 13.4. The van der Waals surface area contributed by atoms with Gasteiger partial charge in [0.15, 0.2) is 10.6 Å². The van der Waals surface area contributed by atoms with Crippen molar-refractivity contribution >= 4 is 44.8 Å². The van der Waals surface area contributed by atoms with Gasteiger partial charge in [0.25, 0.3) is 0 Å². The monoisotopic (exact) mass is 398 g/mol. The zero-order valence-corrected chi connectivity index (χ0v) is 17.0. The molecule has 0 saturated carbocycles. The third-order valence-electron chi connectivity index (χ3n) is 4.19. The maximum Gasteiger partial charge on any atom is 0.351 e. The average molecular weight is 398 g/mol.